The second-order valence-electron chi connectivity index (χ2n) is 9.98. The van der Waals surface area contributed by atoms with Crippen LogP contribution in [0.25, 0.3) is 16.9 Å². The van der Waals surface area contributed by atoms with Gasteiger partial charge in [0.1, 0.15) is 42.4 Å². The molecule has 0 aliphatic carbocycles. The Hall–Kier alpha value is -3.07. The van der Waals surface area contributed by atoms with Gasteiger partial charge in [-0.05, 0) is 43.7 Å². The molecule has 2 aliphatic heterocycles. The Balaban J connectivity index is 1.43. The lowest BCUT2D eigenvalue weighted by atomic mass is 9.91. The van der Waals surface area contributed by atoms with Crippen molar-refractivity contribution in [1.82, 2.24) is 29.5 Å². The van der Waals surface area contributed by atoms with Crippen LogP contribution in [0.1, 0.15) is 34.9 Å². The smallest absolute Gasteiger partial charge is 0.388 e. The molecule has 5 heterocycles. The third kappa shape index (κ3) is 5.00. The number of aryl methyl sites for hydroxylation is 2. The fourth-order valence-corrected chi connectivity index (χ4v) is 5.54. The number of fused-ring (bicyclic) bond motifs is 1. The Morgan fingerprint density at radius 2 is 1.85 bits per heavy atom. The van der Waals surface area contributed by atoms with Crippen LogP contribution >= 0.6 is 23.2 Å². The predicted molar refractivity (Wildman–Crippen MR) is 140 cm³/mol. The van der Waals surface area contributed by atoms with Crippen LogP contribution in [0.3, 0.4) is 0 Å². The van der Waals surface area contributed by atoms with E-state index in [9.17, 15) is 23.4 Å². The standard InChI is InChI=1S/C26H23Cl2F3N6O4/c1-11-5-17(32-8-16(11)28)13-7-33-36(9-13)20-21(39)24(41-22-19(38)10-40-23(20)22)25-34-12(2)35-37(25)18-6-14(27)3-4-15(18)26(29,30)31/h3-9,19-24,38-39H,10H2,1-2H3/t19?,20?,21?,22?,23-,24-/m1/s1. The SMILES string of the molecule is Cc1nc([C@@H]2OC3C(O)CO[C@@H]3C(n3cc(-c4cc(C)c(Cl)cn4)cn3)C2O)n(-c2cc(Cl)ccc2C(F)(F)F)n1. The average molecular weight is 611 g/mol. The summed E-state index contributed by atoms with van der Waals surface area (Å²) in [5.41, 5.74) is 0.647. The number of aliphatic hydroxyl groups excluding tert-OH is 2. The number of hydrogen-bond acceptors (Lipinski definition) is 8. The fourth-order valence-electron chi connectivity index (χ4n) is 5.27. The normalized spacial score (nSPS) is 26.4. The van der Waals surface area contributed by atoms with Crippen LogP contribution < -0.4 is 0 Å². The first-order valence-electron chi connectivity index (χ1n) is 12.5. The lowest BCUT2D eigenvalue weighted by Gasteiger charge is -2.41. The molecular weight excluding hydrogens is 588 g/mol. The van der Waals surface area contributed by atoms with Gasteiger partial charge in [0.05, 0.1) is 34.8 Å². The molecule has 0 amide bonds. The minimum atomic E-state index is -4.73. The van der Waals surface area contributed by atoms with Gasteiger partial charge in [-0.15, -0.1) is 0 Å². The van der Waals surface area contributed by atoms with Crippen LogP contribution in [0.4, 0.5) is 13.2 Å². The first-order chi connectivity index (χ1) is 19.4. The van der Waals surface area contributed by atoms with Crippen molar-refractivity contribution < 1.29 is 32.9 Å². The average Bonchev–Trinajstić information content (AvgIpc) is 3.63. The van der Waals surface area contributed by atoms with Gasteiger partial charge in [0.15, 0.2) is 5.82 Å². The quantitative estimate of drug-likeness (QED) is 0.351. The summed E-state index contributed by atoms with van der Waals surface area (Å²) in [6.07, 6.45) is -5.56. The summed E-state index contributed by atoms with van der Waals surface area (Å²) in [6.45, 7) is 3.27. The molecule has 4 aromatic rings. The molecule has 0 saturated carbocycles. The van der Waals surface area contributed by atoms with Crippen molar-refractivity contribution in [3.8, 4) is 16.9 Å². The van der Waals surface area contributed by atoms with Crippen molar-refractivity contribution in [2.24, 2.45) is 0 Å². The minimum Gasteiger partial charge on any atom is -0.388 e. The zero-order chi connectivity index (χ0) is 29.2. The summed E-state index contributed by atoms with van der Waals surface area (Å²) >= 11 is 12.2. The first-order valence-corrected chi connectivity index (χ1v) is 13.3. The highest BCUT2D eigenvalue weighted by Crippen LogP contribution is 2.44. The molecule has 41 heavy (non-hydrogen) atoms. The molecule has 2 aliphatic rings. The first kappa shape index (κ1) is 28.1. The van der Waals surface area contributed by atoms with Crippen molar-refractivity contribution >= 4 is 23.2 Å². The number of benzene rings is 1. The molecule has 15 heteroatoms. The van der Waals surface area contributed by atoms with E-state index in [-0.39, 0.29) is 29.0 Å². The van der Waals surface area contributed by atoms with E-state index >= 15 is 0 Å². The lowest BCUT2D eigenvalue weighted by Crippen LogP contribution is -2.52. The zero-order valence-corrected chi connectivity index (χ0v) is 23.0. The highest BCUT2D eigenvalue weighted by Gasteiger charge is 2.54. The van der Waals surface area contributed by atoms with Gasteiger partial charge in [-0.25, -0.2) is 9.67 Å². The Labute approximate surface area is 241 Å². The van der Waals surface area contributed by atoms with E-state index in [2.05, 4.69) is 20.2 Å². The summed E-state index contributed by atoms with van der Waals surface area (Å²) in [6, 6.07) is 3.97. The van der Waals surface area contributed by atoms with Crippen LogP contribution in [-0.2, 0) is 15.7 Å². The molecule has 2 saturated heterocycles. The highest BCUT2D eigenvalue weighted by molar-refractivity contribution is 6.31. The molecule has 216 valence electrons. The van der Waals surface area contributed by atoms with Gasteiger partial charge < -0.3 is 19.7 Å². The monoisotopic (exact) mass is 610 g/mol. The topological polar surface area (TPSA) is 120 Å². The maximum absolute atomic E-state index is 14.0. The Bertz CT molecular complexity index is 1610. The number of rotatable bonds is 4. The Kier molecular flexibility index (Phi) is 7.07. The van der Waals surface area contributed by atoms with Crippen LogP contribution in [-0.4, -0.2) is 70.8 Å². The molecule has 4 unspecified atom stereocenters. The Morgan fingerprint density at radius 3 is 2.59 bits per heavy atom. The van der Waals surface area contributed by atoms with Gasteiger partial charge in [0, 0.05) is 23.0 Å². The molecule has 2 fully saturated rings. The molecule has 0 spiro atoms. The van der Waals surface area contributed by atoms with Gasteiger partial charge in [0.2, 0.25) is 0 Å². The Morgan fingerprint density at radius 1 is 1.07 bits per heavy atom. The molecule has 1 aromatic carbocycles. The van der Waals surface area contributed by atoms with E-state index in [0.717, 1.165) is 28.4 Å². The van der Waals surface area contributed by atoms with Crippen LogP contribution in [0.5, 0.6) is 0 Å². The van der Waals surface area contributed by atoms with Gasteiger partial charge in [-0.3, -0.25) is 9.67 Å². The number of pyridine rings is 1. The van der Waals surface area contributed by atoms with Gasteiger partial charge in [-0.2, -0.15) is 23.4 Å². The van der Waals surface area contributed by atoms with E-state index in [0.29, 0.717) is 16.3 Å². The molecule has 10 nitrogen and oxygen atoms in total. The number of alkyl halides is 3. The van der Waals surface area contributed by atoms with E-state index in [1.54, 1.807) is 18.5 Å². The molecule has 0 radical (unpaired) electrons. The van der Waals surface area contributed by atoms with E-state index in [1.165, 1.54) is 17.8 Å². The van der Waals surface area contributed by atoms with Crippen molar-refractivity contribution in [3.05, 3.63) is 75.7 Å². The van der Waals surface area contributed by atoms with Gasteiger partial charge in [0.25, 0.3) is 0 Å². The zero-order valence-electron chi connectivity index (χ0n) is 21.5. The maximum Gasteiger partial charge on any atom is 0.418 e. The number of halogens is 5. The third-order valence-corrected chi connectivity index (χ3v) is 7.83. The number of aliphatic hydroxyl groups is 2. The molecule has 6 atom stereocenters. The number of hydrogen-bond donors (Lipinski definition) is 2. The summed E-state index contributed by atoms with van der Waals surface area (Å²) in [5, 5.41) is 31.5. The molecule has 6 rings (SSSR count). The van der Waals surface area contributed by atoms with Crippen LogP contribution in [0.15, 0.2) is 42.9 Å². The fraction of sp³-hybridized carbons (Fsp3) is 0.385. The van der Waals surface area contributed by atoms with Crippen molar-refractivity contribution in [2.75, 3.05) is 6.61 Å². The second-order valence-corrected chi connectivity index (χ2v) is 10.8. The van der Waals surface area contributed by atoms with Crippen molar-refractivity contribution in [1.29, 1.82) is 0 Å². The summed E-state index contributed by atoms with van der Waals surface area (Å²) in [7, 11) is 0. The highest BCUT2D eigenvalue weighted by atomic mass is 35.5. The third-order valence-electron chi connectivity index (χ3n) is 7.20. The molecule has 3 aromatic heterocycles. The van der Waals surface area contributed by atoms with E-state index in [1.807, 2.05) is 6.92 Å². The van der Waals surface area contributed by atoms with Crippen LogP contribution in [0, 0.1) is 13.8 Å². The van der Waals surface area contributed by atoms with Crippen molar-refractivity contribution in [3.63, 3.8) is 0 Å². The number of ether oxygens (including phenoxy) is 2. The summed E-state index contributed by atoms with van der Waals surface area (Å²) in [4.78, 5) is 8.68. The molecule has 2 N–H and O–H groups in total. The van der Waals surface area contributed by atoms with Gasteiger partial charge >= 0.3 is 6.18 Å². The van der Waals surface area contributed by atoms with Gasteiger partial charge in [-0.1, -0.05) is 23.2 Å². The lowest BCUT2D eigenvalue weighted by molar-refractivity contribution is -0.196. The largest absolute Gasteiger partial charge is 0.418 e. The maximum atomic E-state index is 14.0. The molecular formula is C26H23Cl2F3N6O4. The van der Waals surface area contributed by atoms with Crippen molar-refractivity contribution in [2.45, 2.75) is 56.6 Å². The minimum absolute atomic E-state index is 0.0462. The van der Waals surface area contributed by atoms with Crippen LogP contribution in [0.2, 0.25) is 10.0 Å². The van der Waals surface area contributed by atoms with E-state index < -0.39 is 48.3 Å². The second kappa shape index (κ2) is 10.3. The number of nitrogens with zero attached hydrogens (tertiary/aromatic N) is 6. The number of aromatic nitrogens is 6. The summed E-state index contributed by atoms with van der Waals surface area (Å²) in [5.74, 6) is 0.0315. The molecule has 0 bridgehead atoms. The van der Waals surface area contributed by atoms with E-state index in [4.69, 9.17) is 32.7 Å². The summed E-state index contributed by atoms with van der Waals surface area (Å²) < 4.78 is 56.2. The predicted octanol–water partition coefficient (Wildman–Crippen LogP) is 4.27.